The molecule has 0 amide bonds. The molecule has 0 heterocycles. The Labute approximate surface area is 268 Å². The van der Waals surface area contributed by atoms with Crippen molar-refractivity contribution < 1.29 is 47.2 Å². The predicted molar refractivity (Wildman–Crippen MR) is 171 cm³/mol. The van der Waals surface area contributed by atoms with Crippen molar-refractivity contribution in [1.29, 1.82) is 0 Å². The van der Waals surface area contributed by atoms with E-state index in [9.17, 15) is 9.67 Å². The second-order valence-electron chi connectivity index (χ2n) is 12.6. The normalized spacial score (nSPS) is 12.1. The highest BCUT2D eigenvalue weighted by molar-refractivity contribution is 7.53. The Morgan fingerprint density at radius 1 is 0.525 bits per heavy atom. The minimum atomic E-state index is -3.17. The summed E-state index contributed by atoms with van der Waals surface area (Å²) in [5.41, 5.74) is 0. The van der Waals surface area contributed by atoms with E-state index in [1.165, 1.54) is 128 Å². The van der Waals surface area contributed by atoms with Crippen LogP contribution in [0.3, 0.4) is 0 Å². The Hall–Kier alpha value is 0.800. The SMILES string of the molecule is CCCCCCCCCCCCCCOP(=O)(C[N+](C)(C)CCO)OCCCCCCCCCCCCCC.[I-]. The van der Waals surface area contributed by atoms with Gasteiger partial charge in [0.05, 0.1) is 33.9 Å². The molecule has 0 atom stereocenters. The van der Waals surface area contributed by atoms with Crippen LogP contribution in [0.5, 0.6) is 0 Å². The fraction of sp³-hybridized carbons (Fsp3) is 1.00. The Morgan fingerprint density at radius 2 is 0.800 bits per heavy atom. The van der Waals surface area contributed by atoms with Crippen molar-refractivity contribution >= 4 is 7.60 Å². The standard InChI is InChI=1S/C33H71NO4P.HI/c1-5-7-9-11-13-15-17-19-21-23-25-27-31-37-39(36,33-34(3,4)29-30-35)38-32-28-26-24-22-20-18-16-14-12-10-8-6-2;/h35H,5-33H2,1-4H3;1H/q+1;/p-1. The van der Waals surface area contributed by atoms with Gasteiger partial charge in [-0.2, -0.15) is 0 Å². The van der Waals surface area contributed by atoms with E-state index in [0.717, 1.165) is 25.7 Å². The second kappa shape index (κ2) is 31.2. The van der Waals surface area contributed by atoms with Crippen LogP contribution in [0.4, 0.5) is 0 Å². The van der Waals surface area contributed by atoms with Crippen molar-refractivity contribution in [2.24, 2.45) is 0 Å². The Morgan fingerprint density at radius 3 is 1.07 bits per heavy atom. The molecule has 0 aliphatic carbocycles. The van der Waals surface area contributed by atoms with E-state index < -0.39 is 7.60 Å². The van der Waals surface area contributed by atoms with Crippen molar-refractivity contribution in [1.82, 2.24) is 0 Å². The van der Waals surface area contributed by atoms with Crippen molar-refractivity contribution in [2.45, 2.75) is 168 Å². The van der Waals surface area contributed by atoms with Crippen molar-refractivity contribution in [2.75, 3.05) is 46.7 Å². The fourth-order valence-electron chi connectivity index (χ4n) is 5.22. The second-order valence-corrected chi connectivity index (χ2v) is 14.6. The third-order valence-corrected chi connectivity index (χ3v) is 10.1. The number of halogens is 1. The van der Waals surface area contributed by atoms with Gasteiger partial charge in [0.15, 0.2) is 6.29 Å². The van der Waals surface area contributed by atoms with E-state index in [1.54, 1.807) is 0 Å². The predicted octanol–water partition coefficient (Wildman–Crippen LogP) is 7.65. The molecule has 0 aromatic rings. The summed E-state index contributed by atoms with van der Waals surface area (Å²) in [6, 6.07) is 0. The van der Waals surface area contributed by atoms with E-state index >= 15 is 0 Å². The van der Waals surface area contributed by atoms with Crippen LogP contribution in [-0.2, 0) is 13.6 Å². The van der Waals surface area contributed by atoms with E-state index in [1.807, 2.05) is 14.1 Å². The number of rotatable bonds is 32. The molecule has 0 aromatic carbocycles. The lowest BCUT2D eigenvalue weighted by Gasteiger charge is -2.32. The molecule has 7 heteroatoms. The fourth-order valence-corrected chi connectivity index (χ4v) is 7.35. The molecule has 0 bridgehead atoms. The molecule has 0 saturated heterocycles. The summed E-state index contributed by atoms with van der Waals surface area (Å²) in [7, 11) is 0.804. The summed E-state index contributed by atoms with van der Waals surface area (Å²) in [6.07, 6.45) is 31.5. The number of nitrogens with zero attached hydrogens (tertiary/aromatic N) is 1. The summed E-state index contributed by atoms with van der Waals surface area (Å²) >= 11 is 0. The zero-order valence-corrected chi connectivity index (χ0v) is 30.5. The topological polar surface area (TPSA) is 55.8 Å². The molecule has 0 unspecified atom stereocenters. The highest BCUT2D eigenvalue weighted by atomic mass is 127. The Bertz CT molecular complexity index is 517. The molecule has 0 spiro atoms. The highest BCUT2D eigenvalue weighted by Gasteiger charge is 2.34. The monoisotopic (exact) mass is 703 g/mol. The summed E-state index contributed by atoms with van der Waals surface area (Å²) < 4.78 is 25.9. The first-order chi connectivity index (χ1) is 18.9. The summed E-state index contributed by atoms with van der Waals surface area (Å²) in [6.45, 7) is 6.18. The average molecular weight is 704 g/mol. The van der Waals surface area contributed by atoms with Gasteiger partial charge in [0.1, 0.15) is 6.54 Å². The smallest absolute Gasteiger partial charge is 0.384 e. The molecule has 0 aromatic heterocycles. The van der Waals surface area contributed by atoms with Crippen LogP contribution >= 0.6 is 7.60 Å². The number of likely N-dealkylation sites (N-methyl/N-ethyl adjacent to an activating group) is 1. The maximum atomic E-state index is 13.6. The number of aliphatic hydroxyl groups is 1. The third-order valence-electron chi connectivity index (χ3n) is 7.83. The van der Waals surface area contributed by atoms with Gasteiger partial charge in [0, 0.05) is 0 Å². The Balaban J connectivity index is 0. The molecule has 0 rings (SSSR count). The van der Waals surface area contributed by atoms with Gasteiger partial charge in [-0.3, -0.25) is 4.57 Å². The van der Waals surface area contributed by atoms with Gasteiger partial charge in [0.25, 0.3) is 0 Å². The molecule has 0 saturated carbocycles. The maximum Gasteiger partial charge on any atom is 0.384 e. The number of unbranched alkanes of at least 4 members (excludes halogenated alkanes) is 22. The van der Waals surface area contributed by atoms with Gasteiger partial charge in [-0.15, -0.1) is 0 Å². The first-order valence-corrected chi connectivity index (χ1v) is 18.9. The van der Waals surface area contributed by atoms with Crippen molar-refractivity contribution in [3.63, 3.8) is 0 Å². The van der Waals surface area contributed by atoms with Crippen LogP contribution in [0.1, 0.15) is 168 Å². The van der Waals surface area contributed by atoms with Crippen LogP contribution in [-0.4, -0.2) is 56.3 Å². The lowest BCUT2D eigenvalue weighted by Crippen LogP contribution is -3.00. The molecule has 5 nitrogen and oxygen atoms in total. The number of hydrogen-bond donors (Lipinski definition) is 1. The molecule has 0 aliphatic rings. The molecule has 1 N–H and O–H groups in total. The maximum absolute atomic E-state index is 13.6. The average Bonchev–Trinajstić information content (AvgIpc) is 2.89. The first-order valence-electron chi connectivity index (χ1n) is 17.2. The summed E-state index contributed by atoms with van der Waals surface area (Å²) in [4.78, 5) is 0. The molecule has 40 heavy (non-hydrogen) atoms. The van der Waals surface area contributed by atoms with Crippen molar-refractivity contribution in [3.8, 4) is 0 Å². The highest BCUT2D eigenvalue weighted by Crippen LogP contribution is 2.50. The quantitative estimate of drug-likeness (QED) is 0.0339. The van der Waals surface area contributed by atoms with Gasteiger partial charge in [0.2, 0.25) is 0 Å². The molecular formula is C33H71INO4P. The lowest BCUT2D eigenvalue weighted by atomic mass is 10.1. The van der Waals surface area contributed by atoms with Gasteiger partial charge >= 0.3 is 7.60 Å². The van der Waals surface area contributed by atoms with Crippen LogP contribution < -0.4 is 24.0 Å². The van der Waals surface area contributed by atoms with Gasteiger partial charge < -0.3 is 42.6 Å². The van der Waals surface area contributed by atoms with E-state index in [0.29, 0.717) is 30.5 Å². The summed E-state index contributed by atoms with van der Waals surface area (Å²) in [5.74, 6) is 0. The largest absolute Gasteiger partial charge is 1.00 e. The molecule has 0 aliphatic heterocycles. The van der Waals surface area contributed by atoms with E-state index in [-0.39, 0.29) is 30.6 Å². The first kappa shape index (κ1) is 42.9. The number of hydrogen-bond acceptors (Lipinski definition) is 4. The van der Waals surface area contributed by atoms with Crippen LogP contribution in [0, 0.1) is 0 Å². The van der Waals surface area contributed by atoms with Gasteiger partial charge in [-0.05, 0) is 12.8 Å². The number of quaternary nitrogens is 1. The van der Waals surface area contributed by atoms with Gasteiger partial charge in [-0.1, -0.05) is 155 Å². The minimum Gasteiger partial charge on any atom is -1.00 e. The molecular weight excluding hydrogens is 632 g/mol. The van der Waals surface area contributed by atoms with Crippen molar-refractivity contribution in [3.05, 3.63) is 0 Å². The van der Waals surface area contributed by atoms with Crippen LogP contribution in [0.15, 0.2) is 0 Å². The zero-order valence-electron chi connectivity index (χ0n) is 27.5. The molecule has 0 radical (unpaired) electrons. The summed E-state index contributed by atoms with van der Waals surface area (Å²) in [5, 5.41) is 9.41. The number of aliphatic hydroxyl groups excluding tert-OH is 1. The van der Waals surface area contributed by atoms with Crippen LogP contribution in [0.2, 0.25) is 0 Å². The lowest BCUT2D eigenvalue weighted by molar-refractivity contribution is -0.880. The Kier molecular flexibility index (Phi) is 33.5. The molecule has 244 valence electrons. The van der Waals surface area contributed by atoms with E-state index in [2.05, 4.69) is 13.8 Å². The minimum absolute atomic E-state index is 0. The third kappa shape index (κ3) is 30.3. The van der Waals surface area contributed by atoms with Crippen LogP contribution in [0.25, 0.3) is 0 Å². The zero-order chi connectivity index (χ0) is 28.9. The van der Waals surface area contributed by atoms with E-state index in [4.69, 9.17) is 9.05 Å². The molecule has 0 fully saturated rings. The van der Waals surface area contributed by atoms with Gasteiger partial charge in [-0.25, -0.2) is 0 Å².